The molecule has 0 amide bonds. The van der Waals surface area contributed by atoms with Gasteiger partial charge in [-0.2, -0.15) is 0 Å². The van der Waals surface area contributed by atoms with E-state index in [4.69, 9.17) is 0 Å². The summed E-state index contributed by atoms with van der Waals surface area (Å²) in [7, 11) is 0. The zero-order valence-electron chi connectivity index (χ0n) is 18.3. The van der Waals surface area contributed by atoms with Gasteiger partial charge in [0.2, 0.25) is 0 Å². The third-order valence-electron chi connectivity index (χ3n) is 6.04. The third kappa shape index (κ3) is 4.12. The Kier molecular flexibility index (Phi) is 5.99. The first-order chi connectivity index (χ1) is 16.7. The zero-order valence-corrected chi connectivity index (χ0v) is 20.1. The first-order valence-electron chi connectivity index (χ1n) is 11.0. The number of benzene rings is 4. The van der Waals surface area contributed by atoms with Gasteiger partial charge < -0.3 is 0 Å². The molecule has 1 heterocycles. The van der Waals surface area contributed by atoms with E-state index in [0.29, 0.717) is 11.1 Å². The Hall–Kier alpha value is -4.14. The second-order valence-electron chi connectivity index (χ2n) is 8.10. The van der Waals surface area contributed by atoms with Gasteiger partial charge in [-0.15, -0.1) is 0 Å². The Bertz CT molecular complexity index is 1340. The maximum atomic E-state index is 9.26. The summed E-state index contributed by atoms with van der Waals surface area (Å²) in [6.07, 6.45) is 4.79. The van der Waals surface area contributed by atoms with Crippen molar-refractivity contribution in [3.8, 4) is 12.1 Å². The summed E-state index contributed by atoms with van der Waals surface area (Å²) in [6, 6.07) is 41.4. The van der Waals surface area contributed by atoms with Crippen LogP contribution in [-0.2, 0) is 5.41 Å². The topological polar surface area (TPSA) is 47.6 Å². The first kappa shape index (κ1) is 21.7. The van der Waals surface area contributed by atoms with Gasteiger partial charge in [0.05, 0.1) is 0 Å². The van der Waals surface area contributed by atoms with E-state index in [1.54, 1.807) is 0 Å². The molecular formula is C31H20N2Se. The quantitative estimate of drug-likeness (QED) is 0.300. The average Bonchev–Trinajstić information content (AvgIpc) is 2.94. The maximum absolute atomic E-state index is 9.26. The van der Waals surface area contributed by atoms with Gasteiger partial charge in [-0.25, -0.2) is 0 Å². The van der Waals surface area contributed by atoms with Crippen molar-refractivity contribution >= 4 is 23.9 Å². The van der Waals surface area contributed by atoms with Crippen molar-refractivity contribution in [1.82, 2.24) is 0 Å². The molecule has 0 fully saturated rings. The summed E-state index contributed by atoms with van der Waals surface area (Å²) < 4.78 is 2.54. The van der Waals surface area contributed by atoms with Crippen LogP contribution in [0, 0.1) is 22.7 Å². The van der Waals surface area contributed by atoms with Crippen LogP contribution >= 0.6 is 0 Å². The molecule has 0 bridgehead atoms. The molecule has 0 atom stereocenters. The van der Waals surface area contributed by atoms with Crippen LogP contribution in [-0.4, -0.2) is 15.0 Å². The molecule has 34 heavy (non-hydrogen) atoms. The number of nitrogens with zero attached hydrogens (tertiary/aromatic N) is 2. The minimum absolute atomic E-state index is 0.0510. The Balaban J connectivity index is 1.76. The number of rotatable bonds is 4. The summed E-state index contributed by atoms with van der Waals surface area (Å²) in [5.41, 5.74) is 5.56. The predicted molar refractivity (Wildman–Crippen MR) is 138 cm³/mol. The Labute approximate surface area is 206 Å². The van der Waals surface area contributed by atoms with Crippen LogP contribution in [0.3, 0.4) is 0 Å². The molecule has 0 saturated carbocycles. The molecule has 0 aromatic heterocycles. The standard InChI is InChI=1S/C31H20N2Se/c32-21-23-11-15-25(16-12-23)29-19-31(27-7-3-1-4-8-27,28-9-5-2-6-10-28)20-30(34-29)26-17-13-24(22-33)14-18-26/h1-20H. The molecule has 160 valence electrons. The van der Waals surface area contributed by atoms with E-state index in [-0.39, 0.29) is 15.0 Å². The molecule has 0 radical (unpaired) electrons. The van der Waals surface area contributed by atoms with Gasteiger partial charge in [0.1, 0.15) is 0 Å². The first-order valence-corrected chi connectivity index (χ1v) is 12.7. The molecule has 0 saturated heterocycles. The summed E-state index contributed by atoms with van der Waals surface area (Å²) in [4.78, 5) is 0. The van der Waals surface area contributed by atoms with E-state index in [1.807, 2.05) is 36.4 Å². The average molecular weight is 499 g/mol. The molecule has 1 aliphatic rings. The van der Waals surface area contributed by atoms with Gasteiger partial charge in [0.25, 0.3) is 0 Å². The van der Waals surface area contributed by atoms with Gasteiger partial charge in [-0.1, -0.05) is 0 Å². The molecule has 4 aromatic carbocycles. The van der Waals surface area contributed by atoms with Crippen molar-refractivity contribution in [1.29, 1.82) is 10.5 Å². The van der Waals surface area contributed by atoms with Crippen molar-refractivity contribution in [2.45, 2.75) is 5.41 Å². The third-order valence-corrected chi connectivity index (χ3v) is 8.44. The summed E-state index contributed by atoms with van der Waals surface area (Å²) >= 11 is 0.0510. The minimum atomic E-state index is -0.436. The molecule has 0 N–H and O–H groups in total. The molecule has 4 aromatic rings. The fraction of sp³-hybridized carbons (Fsp3) is 0.0323. The van der Waals surface area contributed by atoms with E-state index in [9.17, 15) is 10.5 Å². The number of allylic oxidation sites excluding steroid dienone is 2. The fourth-order valence-corrected chi connectivity index (χ4v) is 6.85. The van der Waals surface area contributed by atoms with Crippen molar-refractivity contribution in [3.05, 3.63) is 155 Å². The van der Waals surface area contributed by atoms with Gasteiger partial charge in [0.15, 0.2) is 0 Å². The van der Waals surface area contributed by atoms with Gasteiger partial charge in [-0.05, 0) is 0 Å². The van der Waals surface area contributed by atoms with Gasteiger partial charge in [-0.3, -0.25) is 0 Å². The van der Waals surface area contributed by atoms with Crippen molar-refractivity contribution in [2.24, 2.45) is 0 Å². The normalized spacial score (nSPS) is 14.3. The molecular weight excluding hydrogens is 479 g/mol. The van der Waals surface area contributed by atoms with Crippen LogP contribution in [0.1, 0.15) is 33.4 Å². The molecule has 3 heteroatoms. The monoisotopic (exact) mass is 500 g/mol. The van der Waals surface area contributed by atoms with Gasteiger partial charge >= 0.3 is 207 Å². The van der Waals surface area contributed by atoms with Gasteiger partial charge in [0, 0.05) is 0 Å². The van der Waals surface area contributed by atoms with Crippen LogP contribution in [0.5, 0.6) is 0 Å². The van der Waals surface area contributed by atoms with E-state index in [2.05, 4.69) is 97.1 Å². The van der Waals surface area contributed by atoms with Crippen LogP contribution in [0.25, 0.3) is 8.94 Å². The van der Waals surface area contributed by atoms with E-state index in [0.717, 1.165) is 11.1 Å². The molecule has 5 rings (SSSR count). The zero-order chi connectivity index (χ0) is 23.4. The van der Waals surface area contributed by atoms with E-state index in [1.165, 1.54) is 20.1 Å². The number of hydrogen-bond donors (Lipinski definition) is 0. The van der Waals surface area contributed by atoms with Crippen molar-refractivity contribution in [3.63, 3.8) is 0 Å². The van der Waals surface area contributed by atoms with Crippen molar-refractivity contribution < 1.29 is 0 Å². The Morgan fingerprint density at radius 3 is 1.24 bits per heavy atom. The fourth-order valence-electron chi connectivity index (χ4n) is 4.26. The number of hydrogen-bond acceptors (Lipinski definition) is 2. The Morgan fingerprint density at radius 2 is 0.882 bits per heavy atom. The predicted octanol–water partition coefficient (Wildman–Crippen LogP) is 6.52. The molecule has 1 aliphatic heterocycles. The van der Waals surface area contributed by atoms with Crippen LogP contribution in [0.4, 0.5) is 0 Å². The van der Waals surface area contributed by atoms with Crippen molar-refractivity contribution in [2.75, 3.05) is 0 Å². The summed E-state index contributed by atoms with van der Waals surface area (Å²) in [6.45, 7) is 0. The second kappa shape index (κ2) is 9.38. The molecule has 0 spiro atoms. The molecule has 0 unspecified atom stereocenters. The summed E-state index contributed by atoms with van der Waals surface area (Å²) in [5.74, 6) is 0. The molecule has 0 aliphatic carbocycles. The van der Waals surface area contributed by atoms with E-state index >= 15 is 0 Å². The summed E-state index contributed by atoms with van der Waals surface area (Å²) in [5, 5.41) is 18.5. The van der Waals surface area contributed by atoms with Crippen LogP contribution < -0.4 is 0 Å². The van der Waals surface area contributed by atoms with Crippen LogP contribution in [0.2, 0.25) is 0 Å². The second-order valence-corrected chi connectivity index (χ2v) is 10.4. The van der Waals surface area contributed by atoms with E-state index < -0.39 is 5.41 Å². The number of nitriles is 2. The SMILES string of the molecule is N#Cc1ccc(C2=CC(c3ccccc3)(c3ccccc3)C=C(c3ccc(C#N)cc3)[Se]2)cc1. The Morgan fingerprint density at radius 1 is 0.500 bits per heavy atom. The molecule has 2 nitrogen and oxygen atoms in total. The van der Waals surface area contributed by atoms with Crippen LogP contribution in [0.15, 0.2) is 121 Å².